The highest BCUT2D eigenvalue weighted by Crippen LogP contribution is 2.49. The van der Waals surface area contributed by atoms with E-state index >= 15 is 0 Å². The standard InChI is InChI=1S/C16H20N2O/c1-18-14-3-2-11(6-13(14)7-15(18)19)12-4-5-16(8-12)9-17-10-16/h2-3,6,12,17H,4-5,7-10H2,1H3. The topological polar surface area (TPSA) is 32.3 Å². The maximum absolute atomic E-state index is 11.7. The van der Waals surface area contributed by atoms with Crippen molar-refractivity contribution in [1.82, 2.24) is 5.32 Å². The van der Waals surface area contributed by atoms with Crippen molar-refractivity contribution in [3.63, 3.8) is 0 Å². The van der Waals surface area contributed by atoms with Gasteiger partial charge >= 0.3 is 0 Å². The summed E-state index contributed by atoms with van der Waals surface area (Å²) in [7, 11) is 1.87. The number of rotatable bonds is 1. The second kappa shape index (κ2) is 3.83. The number of likely N-dealkylation sites (N-methyl/N-ethyl adjacent to an activating group) is 1. The molecule has 0 radical (unpaired) electrons. The van der Waals surface area contributed by atoms with Crippen molar-refractivity contribution < 1.29 is 4.79 Å². The summed E-state index contributed by atoms with van der Waals surface area (Å²) in [4.78, 5) is 13.5. The molecule has 0 aromatic heterocycles. The summed E-state index contributed by atoms with van der Waals surface area (Å²) >= 11 is 0. The van der Waals surface area contributed by atoms with Gasteiger partial charge < -0.3 is 10.2 Å². The largest absolute Gasteiger partial charge is 0.316 e. The lowest BCUT2D eigenvalue weighted by atomic mass is 9.79. The Kier molecular flexibility index (Phi) is 2.31. The van der Waals surface area contributed by atoms with Crippen LogP contribution in [0.15, 0.2) is 18.2 Å². The van der Waals surface area contributed by atoms with E-state index < -0.39 is 0 Å². The number of hydrogen-bond acceptors (Lipinski definition) is 2. The SMILES string of the molecule is CN1C(=O)Cc2cc(C3CCC4(CNC4)C3)ccc21. The van der Waals surface area contributed by atoms with Crippen molar-refractivity contribution in [2.75, 3.05) is 25.0 Å². The lowest BCUT2D eigenvalue weighted by molar-refractivity contribution is -0.117. The molecule has 3 heteroatoms. The maximum Gasteiger partial charge on any atom is 0.231 e. The van der Waals surface area contributed by atoms with Crippen LogP contribution in [-0.2, 0) is 11.2 Å². The molecule has 1 aromatic rings. The van der Waals surface area contributed by atoms with Gasteiger partial charge in [0.2, 0.25) is 5.91 Å². The first-order chi connectivity index (χ1) is 9.17. The zero-order chi connectivity index (χ0) is 13.0. The number of amides is 1. The predicted molar refractivity (Wildman–Crippen MR) is 75.5 cm³/mol. The van der Waals surface area contributed by atoms with E-state index in [0.29, 0.717) is 17.8 Å². The van der Waals surface area contributed by atoms with Gasteiger partial charge in [0.05, 0.1) is 6.42 Å². The molecule has 1 atom stereocenters. The molecule has 1 spiro atoms. The van der Waals surface area contributed by atoms with Gasteiger partial charge in [-0.3, -0.25) is 4.79 Å². The Balaban J connectivity index is 1.60. The minimum absolute atomic E-state index is 0.221. The minimum atomic E-state index is 0.221. The quantitative estimate of drug-likeness (QED) is 0.834. The van der Waals surface area contributed by atoms with Crippen LogP contribution in [0.1, 0.15) is 36.3 Å². The van der Waals surface area contributed by atoms with Gasteiger partial charge in [-0.05, 0) is 47.8 Å². The highest BCUT2D eigenvalue weighted by molar-refractivity contribution is 6.00. The lowest BCUT2D eigenvalue weighted by Gasteiger charge is -2.39. The average Bonchev–Trinajstić information content (AvgIpc) is 2.92. The first kappa shape index (κ1) is 11.5. The third-order valence-electron chi connectivity index (χ3n) is 5.35. The summed E-state index contributed by atoms with van der Waals surface area (Å²) < 4.78 is 0. The second-order valence-corrected chi connectivity index (χ2v) is 6.56. The maximum atomic E-state index is 11.7. The van der Waals surface area contributed by atoms with Crippen LogP contribution in [0.2, 0.25) is 0 Å². The number of anilines is 1. The zero-order valence-electron chi connectivity index (χ0n) is 11.4. The highest BCUT2D eigenvalue weighted by Gasteiger charge is 2.44. The van der Waals surface area contributed by atoms with E-state index in [1.165, 1.54) is 43.5 Å². The van der Waals surface area contributed by atoms with E-state index in [2.05, 4.69) is 23.5 Å². The van der Waals surface area contributed by atoms with Gasteiger partial charge in [0.15, 0.2) is 0 Å². The molecule has 1 aliphatic carbocycles. The molecule has 1 aromatic carbocycles. The van der Waals surface area contributed by atoms with Crippen LogP contribution in [0, 0.1) is 5.41 Å². The summed E-state index contributed by atoms with van der Waals surface area (Å²) in [6.45, 7) is 2.41. The molecule has 2 fully saturated rings. The number of carbonyl (C=O) groups is 1. The molecule has 1 saturated heterocycles. The molecule has 1 N–H and O–H groups in total. The molecule has 2 aliphatic heterocycles. The number of benzene rings is 1. The Bertz CT molecular complexity index is 548. The first-order valence-electron chi connectivity index (χ1n) is 7.27. The van der Waals surface area contributed by atoms with Gasteiger partial charge in [-0.2, -0.15) is 0 Å². The second-order valence-electron chi connectivity index (χ2n) is 6.56. The fourth-order valence-electron chi connectivity index (χ4n) is 4.04. The number of carbonyl (C=O) groups excluding carboxylic acids is 1. The Morgan fingerprint density at radius 1 is 1.37 bits per heavy atom. The van der Waals surface area contributed by atoms with Gasteiger partial charge in [-0.1, -0.05) is 12.1 Å². The third-order valence-corrected chi connectivity index (χ3v) is 5.35. The van der Waals surface area contributed by atoms with E-state index in [4.69, 9.17) is 0 Å². The van der Waals surface area contributed by atoms with Crippen molar-refractivity contribution in [3.8, 4) is 0 Å². The third kappa shape index (κ3) is 1.64. The summed E-state index contributed by atoms with van der Waals surface area (Å²) in [6, 6.07) is 6.66. The number of nitrogens with zero attached hydrogens (tertiary/aromatic N) is 1. The van der Waals surface area contributed by atoms with Gasteiger partial charge in [-0.15, -0.1) is 0 Å². The van der Waals surface area contributed by atoms with E-state index in [0.717, 1.165) is 5.69 Å². The Morgan fingerprint density at radius 2 is 2.21 bits per heavy atom. The molecule has 1 unspecified atom stereocenters. The van der Waals surface area contributed by atoms with Crippen molar-refractivity contribution in [3.05, 3.63) is 29.3 Å². The number of fused-ring (bicyclic) bond motifs is 1. The zero-order valence-corrected chi connectivity index (χ0v) is 11.4. The summed E-state index contributed by atoms with van der Waals surface area (Å²) in [6.07, 6.45) is 4.58. The first-order valence-corrected chi connectivity index (χ1v) is 7.27. The Hall–Kier alpha value is -1.35. The molecule has 3 nitrogen and oxygen atoms in total. The van der Waals surface area contributed by atoms with Gasteiger partial charge in [-0.25, -0.2) is 0 Å². The summed E-state index contributed by atoms with van der Waals surface area (Å²) in [5.74, 6) is 0.923. The molecule has 2 heterocycles. The number of nitrogens with one attached hydrogen (secondary N) is 1. The van der Waals surface area contributed by atoms with Crippen molar-refractivity contribution >= 4 is 11.6 Å². The molecule has 0 bridgehead atoms. The monoisotopic (exact) mass is 256 g/mol. The molecule has 100 valence electrons. The van der Waals surface area contributed by atoms with Crippen molar-refractivity contribution in [2.24, 2.45) is 5.41 Å². The summed E-state index contributed by atoms with van der Waals surface area (Å²) in [5.41, 5.74) is 4.37. The molecular weight excluding hydrogens is 236 g/mol. The number of hydrogen-bond donors (Lipinski definition) is 1. The molecule has 3 aliphatic rings. The normalized spacial score (nSPS) is 27.7. The minimum Gasteiger partial charge on any atom is -0.316 e. The average molecular weight is 256 g/mol. The van der Waals surface area contributed by atoms with Crippen LogP contribution in [0.5, 0.6) is 0 Å². The molecule has 4 rings (SSSR count). The Labute approximate surface area is 114 Å². The van der Waals surface area contributed by atoms with Gasteiger partial charge in [0.1, 0.15) is 0 Å². The van der Waals surface area contributed by atoms with Gasteiger partial charge in [0, 0.05) is 25.8 Å². The molecule has 19 heavy (non-hydrogen) atoms. The fraction of sp³-hybridized carbons (Fsp3) is 0.562. The van der Waals surface area contributed by atoms with Crippen LogP contribution < -0.4 is 10.2 Å². The van der Waals surface area contributed by atoms with E-state index in [-0.39, 0.29) is 5.91 Å². The van der Waals surface area contributed by atoms with Crippen LogP contribution >= 0.6 is 0 Å². The fourth-order valence-corrected chi connectivity index (χ4v) is 4.04. The van der Waals surface area contributed by atoms with Crippen LogP contribution in [0.4, 0.5) is 5.69 Å². The van der Waals surface area contributed by atoms with E-state index in [9.17, 15) is 4.79 Å². The van der Waals surface area contributed by atoms with E-state index in [1.807, 2.05) is 7.05 Å². The van der Waals surface area contributed by atoms with Crippen LogP contribution in [0.25, 0.3) is 0 Å². The van der Waals surface area contributed by atoms with Crippen LogP contribution in [-0.4, -0.2) is 26.0 Å². The van der Waals surface area contributed by atoms with Crippen LogP contribution in [0.3, 0.4) is 0 Å². The predicted octanol–water partition coefficient (Wildman–Crippen LogP) is 2.06. The van der Waals surface area contributed by atoms with Gasteiger partial charge in [0.25, 0.3) is 0 Å². The van der Waals surface area contributed by atoms with Crippen molar-refractivity contribution in [2.45, 2.75) is 31.6 Å². The molecular formula is C16H20N2O. The van der Waals surface area contributed by atoms with E-state index in [1.54, 1.807) is 4.90 Å². The van der Waals surface area contributed by atoms with Crippen molar-refractivity contribution in [1.29, 1.82) is 0 Å². The Morgan fingerprint density at radius 3 is 2.89 bits per heavy atom. The lowest BCUT2D eigenvalue weighted by Crippen LogP contribution is -2.51. The molecule has 1 amide bonds. The smallest absolute Gasteiger partial charge is 0.231 e. The summed E-state index contributed by atoms with van der Waals surface area (Å²) in [5, 5.41) is 3.42. The highest BCUT2D eigenvalue weighted by atomic mass is 16.2. The molecule has 1 saturated carbocycles.